The first kappa shape index (κ1) is 16.1. The van der Waals surface area contributed by atoms with Crippen LogP contribution in [0.25, 0.3) is 6.08 Å². The molecule has 1 fully saturated rings. The molecule has 2 heterocycles. The van der Waals surface area contributed by atoms with E-state index >= 15 is 0 Å². The van der Waals surface area contributed by atoms with Gasteiger partial charge in [0.25, 0.3) is 0 Å². The van der Waals surface area contributed by atoms with E-state index in [9.17, 15) is 8.42 Å². The maximum absolute atomic E-state index is 12.6. The molecule has 0 spiro atoms. The van der Waals surface area contributed by atoms with E-state index in [1.54, 1.807) is 36.7 Å². The van der Waals surface area contributed by atoms with E-state index < -0.39 is 10.0 Å². The van der Waals surface area contributed by atoms with Crippen molar-refractivity contribution in [2.75, 3.05) is 6.54 Å². The van der Waals surface area contributed by atoms with Gasteiger partial charge in [-0.2, -0.15) is 4.31 Å². The number of hydrogen-bond acceptors (Lipinski definition) is 4. The van der Waals surface area contributed by atoms with Crippen LogP contribution < -0.4 is 0 Å². The first-order chi connectivity index (χ1) is 11.1. The molecule has 0 aliphatic carbocycles. The van der Waals surface area contributed by atoms with Gasteiger partial charge >= 0.3 is 0 Å². The Labute approximate surface area is 140 Å². The maximum atomic E-state index is 12.6. The third kappa shape index (κ3) is 3.60. The molecule has 120 valence electrons. The molecule has 1 aromatic carbocycles. The predicted octanol–water partition coefficient (Wildman–Crippen LogP) is 3.27. The second-order valence-corrected chi connectivity index (χ2v) is 7.42. The summed E-state index contributed by atoms with van der Waals surface area (Å²) in [5.41, 5.74) is 0.671. The fourth-order valence-corrected chi connectivity index (χ4v) is 4.24. The van der Waals surface area contributed by atoms with E-state index in [0.717, 1.165) is 12.8 Å². The first-order valence-corrected chi connectivity index (χ1v) is 9.17. The number of benzene rings is 1. The van der Waals surface area contributed by atoms with Crippen molar-refractivity contribution in [3.8, 4) is 0 Å². The monoisotopic (exact) mass is 349 g/mol. The third-order valence-corrected chi connectivity index (χ3v) is 5.65. The van der Waals surface area contributed by atoms with Crippen molar-refractivity contribution in [3.63, 3.8) is 0 Å². The highest BCUT2D eigenvalue weighted by atomic mass is 35.5. The van der Waals surface area contributed by atoms with E-state index in [-0.39, 0.29) is 6.04 Å². The molecule has 23 heavy (non-hydrogen) atoms. The normalized spacial score (nSPS) is 19.4. The predicted molar refractivity (Wildman–Crippen MR) is 90.1 cm³/mol. The molecule has 0 saturated carbocycles. The zero-order valence-electron chi connectivity index (χ0n) is 12.3. The van der Waals surface area contributed by atoms with Crippen molar-refractivity contribution < 1.29 is 8.42 Å². The molecule has 3 rings (SSSR count). The topological polar surface area (TPSA) is 63.2 Å². The van der Waals surface area contributed by atoms with Gasteiger partial charge in [-0.25, -0.2) is 18.4 Å². The second-order valence-electron chi connectivity index (χ2n) is 5.24. The van der Waals surface area contributed by atoms with Gasteiger partial charge in [0.1, 0.15) is 5.82 Å². The van der Waals surface area contributed by atoms with Gasteiger partial charge in [0.2, 0.25) is 10.0 Å². The minimum Gasteiger partial charge on any atom is -0.240 e. The molecule has 1 unspecified atom stereocenters. The summed E-state index contributed by atoms with van der Waals surface area (Å²) in [4.78, 5) is 8.39. The van der Waals surface area contributed by atoms with Gasteiger partial charge in [-0.3, -0.25) is 0 Å². The highest BCUT2D eigenvalue weighted by Gasteiger charge is 2.35. The SMILES string of the molecule is O=S(=O)(C=Cc1ccccc1Cl)N1CCCC1c1ncccn1. The van der Waals surface area contributed by atoms with Crippen LogP contribution in [-0.2, 0) is 10.0 Å². The van der Waals surface area contributed by atoms with Crippen LogP contribution in [0.1, 0.15) is 30.3 Å². The number of halogens is 1. The van der Waals surface area contributed by atoms with E-state index in [4.69, 9.17) is 11.6 Å². The third-order valence-electron chi connectivity index (χ3n) is 3.74. The average Bonchev–Trinajstić information content (AvgIpc) is 3.06. The summed E-state index contributed by atoms with van der Waals surface area (Å²) in [6.07, 6.45) is 6.31. The van der Waals surface area contributed by atoms with Crippen LogP contribution in [0.3, 0.4) is 0 Å². The summed E-state index contributed by atoms with van der Waals surface area (Å²) in [6.45, 7) is 0.470. The average molecular weight is 350 g/mol. The molecule has 0 amide bonds. The lowest BCUT2D eigenvalue weighted by molar-refractivity contribution is 0.388. The van der Waals surface area contributed by atoms with E-state index in [1.807, 2.05) is 6.07 Å². The lowest BCUT2D eigenvalue weighted by Gasteiger charge is -2.21. The highest BCUT2D eigenvalue weighted by molar-refractivity contribution is 7.92. The Kier molecular flexibility index (Phi) is 4.75. The molecule has 0 bridgehead atoms. The zero-order chi connectivity index (χ0) is 16.3. The van der Waals surface area contributed by atoms with Crippen molar-refractivity contribution in [2.24, 2.45) is 0 Å². The van der Waals surface area contributed by atoms with Crippen molar-refractivity contribution in [3.05, 3.63) is 64.5 Å². The van der Waals surface area contributed by atoms with Gasteiger partial charge in [-0.05, 0) is 36.6 Å². The Morgan fingerprint density at radius 1 is 1.17 bits per heavy atom. The van der Waals surface area contributed by atoms with E-state index in [1.165, 1.54) is 15.8 Å². The summed E-state index contributed by atoms with van der Waals surface area (Å²) in [5, 5.41) is 1.72. The van der Waals surface area contributed by atoms with Crippen molar-refractivity contribution >= 4 is 27.7 Å². The summed E-state index contributed by atoms with van der Waals surface area (Å²) < 4.78 is 26.7. The summed E-state index contributed by atoms with van der Waals surface area (Å²) in [5.74, 6) is 0.541. The first-order valence-electron chi connectivity index (χ1n) is 7.29. The van der Waals surface area contributed by atoms with Crippen LogP contribution in [0.5, 0.6) is 0 Å². The molecular weight excluding hydrogens is 334 g/mol. The summed E-state index contributed by atoms with van der Waals surface area (Å²) in [7, 11) is -3.56. The van der Waals surface area contributed by atoms with Crippen LogP contribution in [0, 0.1) is 0 Å². The number of rotatable bonds is 4. The molecule has 1 aliphatic heterocycles. The van der Waals surface area contributed by atoms with Crippen molar-refractivity contribution in [1.29, 1.82) is 0 Å². The molecule has 7 heteroatoms. The molecule has 1 aromatic heterocycles. The molecule has 1 atom stereocenters. The van der Waals surface area contributed by atoms with Crippen LogP contribution in [0.15, 0.2) is 48.1 Å². The van der Waals surface area contributed by atoms with Crippen LogP contribution in [0.4, 0.5) is 0 Å². The minimum atomic E-state index is -3.56. The largest absolute Gasteiger partial charge is 0.240 e. The number of nitrogens with zero attached hydrogens (tertiary/aromatic N) is 3. The fourth-order valence-electron chi connectivity index (χ4n) is 2.63. The van der Waals surface area contributed by atoms with E-state index in [0.29, 0.717) is 23.0 Å². The molecule has 2 aromatic rings. The Hall–Kier alpha value is -1.76. The van der Waals surface area contributed by atoms with Crippen LogP contribution in [-0.4, -0.2) is 29.2 Å². The van der Waals surface area contributed by atoms with Crippen molar-refractivity contribution in [2.45, 2.75) is 18.9 Å². The minimum absolute atomic E-state index is 0.308. The van der Waals surface area contributed by atoms with Gasteiger partial charge in [-0.1, -0.05) is 29.8 Å². The van der Waals surface area contributed by atoms with Crippen LogP contribution >= 0.6 is 11.6 Å². The number of hydrogen-bond donors (Lipinski definition) is 0. The Balaban J connectivity index is 1.86. The van der Waals surface area contributed by atoms with Gasteiger partial charge < -0.3 is 0 Å². The van der Waals surface area contributed by atoms with Gasteiger partial charge in [0.15, 0.2) is 0 Å². The lowest BCUT2D eigenvalue weighted by Crippen LogP contribution is -2.29. The molecule has 0 N–H and O–H groups in total. The van der Waals surface area contributed by atoms with Gasteiger partial charge in [0.05, 0.1) is 6.04 Å². The highest BCUT2D eigenvalue weighted by Crippen LogP contribution is 2.33. The molecule has 1 aliphatic rings. The second kappa shape index (κ2) is 6.78. The Morgan fingerprint density at radius 3 is 2.65 bits per heavy atom. The number of sulfonamides is 1. The standard InChI is InChI=1S/C16H16ClN3O2S/c17-14-6-2-1-5-13(14)8-12-23(21,22)20-11-3-7-15(20)16-18-9-4-10-19-16/h1-2,4-6,8-10,12,15H,3,7,11H2. The van der Waals surface area contributed by atoms with Gasteiger partial charge in [-0.15, -0.1) is 0 Å². The lowest BCUT2D eigenvalue weighted by atomic mass is 10.2. The maximum Gasteiger partial charge on any atom is 0.236 e. The number of aromatic nitrogens is 2. The van der Waals surface area contributed by atoms with Crippen LogP contribution in [0.2, 0.25) is 5.02 Å². The summed E-state index contributed by atoms with van der Waals surface area (Å²) >= 11 is 6.06. The molecular formula is C16H16ClN3O2S. The zero-order valence-corrected chi connectivity index (χ0v) is 13.9. The fraction of sp³-hybridized carbons (Fsp3) is 0.250. The molecule has 0 radical (unpaired) electrons. The molecule has 1 saturated heterocycles. The van der Waals surface area contributed by atoms with E-state index in [2.05, 4.69) is 9.97 Å². The van der Waals surface area contributed by atoms with Gasteiger partial charge in [0, 0.05) is 29.4 Å². The summed E-state index contributed by atoms with van der Waals surface area (Å²) in [6, 6.07) is 8.53. The van der Waals surface area contributed by atoms with Crippen molar-refractivity contribution in [1.82, 2.24) is 14.3 Å². The Morgan fingerprint density at radius 2 is 1.91 bits per heavy atom. The molecule has 5 nitrogen and oxygen atoms in total. The Bertz CT molecular complexity index is 809. The quantitative estimate of drug-likeness (QED) is 0.849. The smallest absolute Gasteiger partial charge is 0.236 e.